The molecule has 0 radical (unpaired) electrons. The Morgan fingerprint density at radius 3 is 1.48 bits per heavy atom. The van der Waals surface area contributed by atoms with E-state index in [1.165, 1.54) is 0 Å². The molecule has 2 rings (SSSR count). The van der Waals surface area contributed by atoms with E-state index in [1.54, 1.807) is 48.8 Å². The summed E-state index contributed by atoms with van der Waals surface area (Å²) < 4.78 is 0. The topological polar surface area (TPSA) is 65.2 Å². The molecule has 0 heterocycles. The van der Waals surface area contributed by atoms with Gasteiger partial charge in [0, 0.05) is 49.8 Å². The van der Waals surface area contributed by atoms with Gasteiger partial charge in [0.1, 0.15) is 11.5 Å². The number of nitrogens with zero attached hydrogens (tertiary/aromatic N) is 2. The summed E-state index contributed by atoms with van der Waals surface area (Å²) in [5.74, 6) is 0.433. The van der Waals surface area contributed by atoms with E-state index in [0.29, 0.717) is 24.2 Å². The predicted octanol–water partition coefficient (Wildman–Crippen LogP) is 2.63. The van der Waals surface area contributed by atoms with Gasteiger partial charge < -0.3 is 10.2 Å². The van der Waals surface area contributed by atoms with Crippen LogP contribution in [0.5, 0.6) is 11.5 Å². The predicted molar refractivity (Wildman–Crippen MR) is 81.1 cm³/mol. The van der Waals surface area contributed by atoms with Gasteiger partial charge in [0.05, 0.1) is 13.1 Å². The third-order valence-electron chi connectivity index (χ3n) is 2.69. The number of aliphatic imine (C=N–C) groups is 2. The zero-order chi connectivity index (χ0) is 14.2. The first-order valence-corrected chi connectivity index (χ1v) is 6.33. The number of phenols is 2. The van der Waals surface area contributed by atoms with Crippen LogP contribution in [0.2, 0.25) is 0 Å². The number of para-hydroxylation sites is 2. The Morgan fingerprint density at radius 1 is 0.714 bits per heavy atom. The van der Waals surface area contributed by atoms with E-state index in [0.717, 1.165) is 0 Å². The molecule has 0 aliphatic heterocycles. The van der Waals surface area contributed by atoms with Crippen molar-refractivity contribution in [1.82, 2.24) is 0 Å². The summed E-state index contributed by atoms with van der Waals surface area (Å²) >= 11 is 0. The quantitative estimate of drug-likeness (QED) is 0.637. The molecule has 2 aromatic carbocycles. The maximum absolute atomic E-state index is 9.54. The second-order valence-corrected chi connectivity index (χ2v) is 4.19. The molecular weight excluding hydrogens is 343 g/mol. The van der Waals surface area contributed by atoms with Gasteiger partial charge in [-0.15, -0.1) is 0 Å². The summed E-state index contributed by atoms with van der Waals surface area (Å²) in [4.78, 5) is 8.39. The fourth-order valence-electron chi connectivity index (χ4n) is 1.63. The number of benzene rings is 2. The van der Waals surface area contributed by atoms with Crippen LogP contribution < -0.4 is 0 Å². The van der Waals surface area contributed by atoms with E-state index in [1.807, 2.05) is 12.1 Å². The van der Waals surface area contributed by atoms with Gasteiger partial charge in [-0.3, -0.25) is 9.98 Å². The van der Waals surface area contributed by atoms with Gasteiger partial charge in [0.2, 0.25) is 0 Å². The first kappa shape index (κ1) is 17.3. The molecule has 0 saturated heterocycles. The molecule has 4 nitrogen and oxygen atoms in total. The first-order valence-electron chi connectivity index (χ1n) is 6.33. The average molecular weight is 360 g/mol. The first-order chi connectivity index (χ1) is 9.77. The van der Waals surface area contributed by atoms with Crippen molar-refractivity contribution in [3.8, 4) is 11.5 Å². The van der Waals surface area contributed by atoms with Crippen molar-refractivity contribution in [1.29, 1.82) is 0 Å². The largest absolute Gasteiger partial charge is 0.507 e. The van der Waals surface area contributed by atoms with Crippen LogP contribution in [-0.4, -0.2) is 35.7 Å². The van der Waals surface area contributed by atoms with Gasteiger partial charge in [0.15, 0.2) is 0 Å². The van der Waals surface area contributed by atoms with E-state index < -0.39 is 0 Å². The molecule has 2 N–H and O–H groups in total. The normalized spacial score (nSPS) is 10.9. The molecule has 0 unspecified atom stereocenters. The Morgan fingerprint density at radius 2 is 1.10 bits per heavy atom. The third kappa shape index (κ3) is 5.64. The second-order valence-electron chi connectivity index (χ2n) is 4.19. The van der Waals surface area contributed by atoms with Crippen LogP contribution in [-0.2, 0) is 26.2 Å². The van der Waals surface area contributed by atoms with Gasteiger partial charge >= 0.3 is 0 Å². The van der Waals surface area contributed by atoms with Crippen LogP contribution in [0, 0.1) is 0 Å². The molecule has 0 fully saturated rings. The van der Waals surface area contributed by atoms with E-state index in [9.17, 15) is 10.2 Å². The minimum atomic E-state index is 0. The summed E-state index contributed by atoms with van der Waals surface area (Å²) in [5, 5.41) is 19.1. The summed E-state index contributed by atoms with van der Waals surface area (Å²) in [6, 6.07) is 14.1. The van der Waals surface area contributed by atoms with Crippen molar-refractivity contribution in [3.63, 3.8) is 0 Å². The second kappa shape index (κ2) is 9.25. The number of hydrogen-bond acceptors (Lipinski definition) is 4. The summed E-state index contributed by atoms with van der Waals surface area (Å²) in [6.07, 6.45) is 3.26. The Labute approximate surface area is 143 Å². The number of hydrogen-bond donors (Lipinski definition) is 2. The Balaban J connectivity index is 0.00000220. The van der Waals surface area contributed by atoms with Crippen LogP contribution in [0.3, 0.4) is 0 Å². The average Bonchev–Trinajstić information content (AvgIpc) is 2.46. The van der Waals surface area contributed by atoms with Crippen LogP contribution in [0.1, 0.15) is 11.1 Å². The summed E-state index contributed by atoms with van der Waals surface area (Å²) in [6.45, 7) is 1.05. The van der Waals surface area contributed by atoms with Crippen LogP contribution in [0.25, 0.3) is 0 Å². The van der Waals surface area contributed by atoms with E-state index in [2.05, 4.69) is 9.98 Å². The van der Waals surface area contributed by atoms with Gasteiger partial charge in [-0.2, -0.15) is 0 Å². The van der Waals surface area contributed by atoms with E-state index in [-0.39, 0.29) is 37.7 Å². The standard InChI is InChI=1S/C16H16N2O2.Zr/c19-15-7-3-1-5-13(15)11-17-9-10-18-12-14-6-2-4-8-16(14)20;/h1-8,11-12,19-20H,9-10H2;. The molecule has 21 heavy (non-hydrogen) atoms. The number of aromatic hydroxyl groups is 2. The summed E-state index contributed by atoms with van der Waals surface area (Å²) in [7, 11) is 0. The van der Waals surface area contributed by atoms with Crippen molar-refractivity contribution in [2.45, 2.75) is 0 Å². The van der Waals surface area contributed by atoms with Crippen molar-refractivity contribution in [3.05, 3.63) is 59.7 Å². The fraction of sp³-hybridized carbons (Fsp3) is 0.125. The monoisotopic (exact) mass is 358 g/mol. The van der Waals surface area contributed by atoms with Crippen molar-refractivity contribution >= 4 is 12.4 Å². The Kier molecular flexibility index (Phi) is 7.62. The molecular formula is C16H16N2O2Zr. The molecule has 0 aliphatic rings. The minimum Gasteiger partial charge on any atom is -0.507 e. The molecule has 0 saturated carbocycles. The van der Waals surface area contributed by atoms with Crippen molar-refractivity contribution in [2.24, 2.45) is 9.98 Å². The third-order valence-corrected chi connectivity index (χ3v) is 2.69. The molecule has 0 aromatic heterocycles. The van der Waals surface area contributed by atoms with Crippen molar-refractivity contribution in [2.75, 3.05) is 13.1 Å². The molecule has 5 heteroatoms. The number of rotatable bonds is 5. The van der Waals surface area contributed by atoms with Crippen LogP contribution in [0.15, 0.2) is 58.5 Å². The minimum absolute atomic E-state index is 0. The zero-order valence-electron chi connectivity index (χ0n) is 11.5. The molecule has 0 bridgehead atoms. The molecule has 0 atom stereocenters. The SMILES string of the molecule is Oc1ccccc1C=NCCN=Cc1ccccc1O.[Zr]. The summed E-state index contributed by atoms with van der Waals surface area (Å²) in [5.41, 5.74) is 1.38. The molecule has 0 aliphatic carbocycles. The Bertz CT molecular complexity index is 572. The molecule has 106 valence electrons. The van der Waals surface area contributed by atoms with Crippen molar-refractivity contribution < 1.29 is 36.4 Å². The maximum atomic E-state index is 9.54. The maximum Gasteiger partial charge on any atom is 0.124 e. The molecule has 2 aromatic rings. The Hall–Kier alpha value is -1.74. The van der Waals surface area contributed by atoms with Crippen LogP contribution >= 0.6 is 0 Å². The molecule has 0 spiro atoms. The van der Waals surface area contributed by atoms with Gasteiger partial charge in [-0.1, -0.05) is 24.3 Å². The van der Waals surface area contributed by atoms with Crippen LogP contribution in [0.4, 0.5) is 0 Å². The van der Waals surface area contributed by atoms with Gasteiger partial charge in [-0.25, -0.2) is 0 Å². The van der Waals surface area contributed by atoms with E-state index in [4.69, 9.17) is 0 Å². The fourth-order valence-corrected chi connectivity index (χ4v) is 1.63. The zero-order valence-corrected chi connectivity index (χ0v) is 13.9. The smallest absolute Gasteiger partial charge is 0.124 e. The number of phenolic OH excluding ortho intramolecular Hbond substituents is 2. The molecule has 0 amide bonds. The van der Waals surface area contributed by atoms with Gasteiger partial charge in [0.25, 0.3) is 0 Å². The van der Waals surface area contributed by atoms with E-state index >= 15 is 0 Å². The van der Waals surface area contributed by atoms with Gasteiger partial charge in [-0.05, 0) is 24.3 Å².